The van der Waals surface area contributed by atoms with Crippen LogP contribution in [0.2, 0.25) is 0 Å². The Morgan fingerprint density at radius 3 is 1.92 bits per heavy atom. The van der Waals surface area contributed by atoms with E-state index in [1.54, 1.807) is 6.07 Å². The van der Waals surface area contributed by atoms with Crippen molar-refractivity contribution in [2.24, 2.45) is 0 Å². The zero-order valence-electron chi connectivity index (χ0n) is 13.3. The van der Waals surface area contributed by atoms with Crippen molar-refractivity contribution in [1.82, 2.24) is 0 Å². The van der Waals surface area contributed by atoms with Crippen molar-refractivity contribution in [3.63, 3.8) is 0 Å². The maximum absolute atomic E-state index is 11.3. The molecule has 0 bridgehead atoms. The number of benzene rings is 2. The van der Waals surface area contributed by atoms with Crippen LogP contribution in [-0.4, -0.2) is 24.9 Å². The number of carbonyl (C=O) groups is 2. The minimum atomic E-state index is -4.95. The second-order valence-electron chi connectivity index (χ2n) is 4.28. The third-order valence-electron chi connectivity index (χ3n) is 2.78. The molecule has 0 atom stereocenters. The van der Waals surface area contributed by atoms with E-state index in [1.165, 1.54) is 24.3 Å². The number of carbonyl (C=O) groups excluding carboxylic acids is 2. The molecule has 0 spiro atoms. The molecule has 0 aliphatic heterocycles. The van der Waals surface area contributed by atoms with Gasteiger partial charge in [0.25, 0.3) is 10.1 Å². The maximum atomic E-state index is 11.3. The fourth-order valence-electron chi connectivity index (χ4n) is 1.85. The molecule has 0 unspecified atom stereocenters. The summed E-state index contributed by atoms with van der Waals surface area (Å²) in [7, 11) is -4.95. The fraction of sp³-hybridized carbons (Fsp3) is 0. The van der Waals surface area contributed by atoms with E-state index in [4.69, 9.17) is 9.29 Å². The summed E-state index contributed by atoms with van der Waals surface area (Å²) in [6.45, 7) is 0. The molecule has 11 heteroatoms. The summed E-state index contributed by atoms with van der Waals surface area (Å²) in [5.74, 6) is -4.59. The minimum Gasteiger partial charge on any atom is -0.545 e. The van der Waals surface area contributed by atoms with Gasteiger partial charge in [0, 0.05) is 5.56 Å². The van der Waals surface area contributed by atoms with E-state index in [-0.39, 0.29) is 64.9 Å². The van der Waals surface area contributed by atoms with Gasteiger partial charge in [-0.2, -0.15) is 8.42 Å². The van der Waals surface area contributed by atoms with Crippen molar-refractivity contribution in [3.05, 3.63) is 53.6 Å². The first-order chi connectivity index (χ1) is 10.7. The Balaban J connectivity index is 0.00000288. The van der Waals surface area contributed by atoms with Gasteiger partial charge in [-0.3, -0.25) is 4.55 Å². The second-order valence-corrected chi connectivity index (χ2v) is 5.67. The van der Waals surface area contributed by atoms with Gasteiger partial charge in [0.05, 0.1) is 17.5 Å². The zero-order chi connectivity index (χ0) is 17.2. The molecule has 0 saturated carbocycles. The van der Waals surface area contributed by atoms with E-state index in [9.17, 15) is 28.2 Å². The molecule has 0 amide bonds. The van der Waals surface area contributed by atoms with Crippen LogP contribution in [0, 0.1) is 0 Å². The summed E-state index contributed by atoms with van der Waals surface area (Å²) in [6, 6.07) is 8.82. The van der Waals surface area contributed by atoms with Gasteiger partial charge in [-0.15, -0.1) is 0 Å². The third kappa shape index (κ3) is 5.80. The largest absolute Gasteiger partial charge is 1.00 e. The predicted molar refractivity (Wildman–Crippen MR) is 71.4 cm³/mol. The molecule has 0 fully saturated rings. The number of ether oxygens (including phenoxy) is 1. The molecule has 0 radical (unpaired) electrons. The predicted octanol–water partition coefficient (Wildman–Crippen LogP) is -6.54. The zero-order valence-corrected chi connectivity index (χ0v) is 18.1. The molecule has 2 aromatic rings. The number of para-hydroxylation sites is 1. The summed E-state index contributed by atoms with van der Waals surface area (Å²) in [4.78, 5) is 21.4. The van der Waals surface area contributed by atoms with Crippen LogP contribution in [0.5, 0.6) is 11.5 Å². The van der Waals surface area contributed by atoms with E-state index >= 15 is 0 Å². The van der Waals surface area contributed by atoms with Crippen LogP contribution in [0.4, 0.5) is 0 Å². The summed E-state index contributed by atoms with van der Waals surface area (Å²) in [5, 5.41) is 22.4. The number of aromatic carboxylic acids is 2. The first-order valence-electron chi connectivity index (χ1n) is 6.02. The Hall–Kier alpha value is -0.910. The number of carboxylic acid groups (broad SMARTS) is 2. The molecule has 120 valence electrons. The smallest absolute Gasteiger partial charge is 0.545 e. The van der Waals surface area contributed by atoms with Crippen LogP contribution in [-0.2, 0) is 10.1 Å². The molecule has 0 heterocycles. The first kappa shape index (κ1) is 24.1. The molecule has 0 aliphatic rings. The minimum absolute atomic E-state index is 0. The van der Waals surface area contributed by atoms with Crippen LogP contribution >= 0.6 is 0 Å². The van der Waals surface area contributed by atoms with Gasteiger partial charge < -0.3 is 24.5 Å². The monoisotopic (exact) mass is 382 g/mol. The Bertz CT molecular complexity index is 881. The molecule has 2 rings (SSSR count). The van der Waals surface area contributed by atoms with E-state index < -0.39 is 43.8 Å². The van der Waals surface area contributed by atoms with Gasteiger partial charge in [0.1, 0.15) is 16.4 Å². The van der Waals surface area contributed by atoms with E-state index in [0.717, 1.165) is 6.07 Å². The van der Waals surface area contributed by atoms with Gasteiger partial charge in [0.2, 0.25) is 0 Å². The number of rotatable bonds is 5. The first-order valence-corrected chi connectivity index (χ1v) is 7.46. The summed E-state index contributed by atoms with van der Waals surface area (Å²) in [6.07, 6.45) is 0. The van der Waals surface area contributed by atoms with E-state index in [0.29, 0.717) is 6.07 Å². The van der Waals surface area contributed by atoms with Crippen molar-refractivity contribution in [3.8, 4) is 11.5 Å². The molecular weight excluding hydrogens is 374 g/mol. The Morgan fingerprint density at radius 2 is 1.48 bits per heavy atom. The van der Waals surface area contributed by atoms with Gasteiger partial charge in [-0.1, -0.05) is 18.2 Å². The van der Waals surface area contributed by atoms with Gasteiger partial charge in [-0.05, 0) is 24.3 Å². The summed E-state index contributed by atoms with van der Waals surface area (Å²) < 4.78 is 36.9. The van der Waals surface area contributed by atoms with Crippen LogP contribution < -0.4 is 74.1 Å². The third-order valence-corrected chi connectivity index (χ3v) is 3.68. The molecular formula is C14H8Na2O8S. The molecule has 2 aromatic carbocycles. The van der Waals surface area contributed by atoms with E-state index in [2.05, 4.69) is 0 Å². The SMILES string of the molecule is O=C([O-])c1ccc(S(=O)(=O)O)c(C(=O)[O-])c1Oc1ccccc1.[Na+].[Na+]. The quantitative estimate of drug-likeness (QED) is 0.397. The average molecular weight is 382 g/mol. The van der Waals surface area contributed by atoms with Gasteiger partial charge in [-0.25, -0.2) is 0 Å². The van der Waals surface area contributed by atoms with Crippen molar-refractivity contribution in [1.29, 1.82) is 0 Å². The normalized spacial score (nSPS) is 10.1. The Labute approximate surface area is 187 Å². The molecule has 25 heavy (non-hydrogen) atoms. The Kier molecular flexibility index (Phi) is 9.34. The Morgan fingerprint density at radius 1 is 0.920 bits per heavy atom. The van der Waals surface area contributed by atoms with Crippen molar-refractivity contribution < 1.29 is 96.6 Å². The summed E-state index contributed by atoms with van der Waals surface area (Å²) >= 11 is 0. The fourth-order valence-corrected chi connectivity index (χ4v) is 2.52. The molecule has 1 N–H and O–H groups in total. The van der Waals surface area contributed by atoms with Gasteiger partial charge >= 0.3 is 59.1 Å². The van der Waals surface area contributed by atoms with E-state index in [1.807, 2.05) is 0 Å². The van der Waals surface area contributed by atoms with Crippen molar-refractivity contribution >= 4 is 22.1 Å². The van der Waals surface area contributed by atoms with Crippen molar-refractivity contribution in [2.75, 3.05) is 0 Å². The van der Waals surface area contributed by atoms with Gasteiger partial charge in [0.15, 0.2) is 0 Å². The standard InChI is InChI=1S/C14H10O8S.2Na/c15-13(16)9-6-7-10(23(19,20)21)11(14(17)18)12(9)22-8-4-2-1-3-5-8;;/h1-7H,(H,15,16)(H,17,18)(H,19,20,21);;/q;2*+1/p-2. The number of hydrogen-bond acceptors (Lipinski definition) is 7. The van der Waals surface area contributed by atoms with Crippen LogP contribution in [0.25, 0.3) is 0 Å². The van der Waals surface area contributed by atoms with Crippen molar-refractivity contribution in [2.45, 2.75) is 4.90 Å². The topological polar surface area (TPSA) is 144 Å². The molecule has 0 aromatic heterocycles. The molecule has 8 nitrogen and oxygen atoms in total. The summed E-state index contributed by atoms with van der Waals surface area (Å²) in [5.41, 5.74) is -1.82. The average Bonchev–Trinajstić information content (AvgIpc) is 2.46. The molecule has 0 aliphatic carbocycles. The van der Waals surface area contributed by atoms with Crippen LogP contribution in [0.3, 0.4) is 0 Å². The number of carboxylic acids is 2. The second kappa shape index (κ2) is 9.70. The van der Waals surface area contributed by atoms with Crippen LogP contribution in [0.1, 0.15) is 20.7 Å². The number of hydrogen-bond donors (Lipinski definition) is 1. The molecule has 0 saturated heterocycles. The van der Waals surface area contributed by atoms with Crippen LogP contribution in [0.15, 0.2) is 47.4 Å². The maximum Gasteiger partial charge on any atom is 1.00 e.